The van der Waals surface area contributed by atoms with Gasteiger partial charge in [-0.25, -0.2) is 0 Å². The normalized spacial score (nSPS) is 51.0. The van der Waals surface area contributed by atoms with E-state index in [-0.39, 0.29) is 34.6 Å². The molecule has 0 heterocycles. The van der Waals surface area contributed by atoms with Gasteiger partial charge in [0.05, 0.1) is 6.10 Å². The molecule has 0 spiro atoms. The molecule has 4 rings (SSSR count). The number of ketones is 2. The van der Waals surface area contributed by atoms with Crippen LogP contribution < -0.4 is 0 Å². The van der Waals surface area contributed by atoms with E-state index in [2.05, 4.69) is 13.8 Å². The van der Waals surface area contributed by atoms with Crippen molar-refractivity contribution in [1.29, 1.82) is 0 Å². The number of allylic oxidation sites excluding steroid dienone is 2. The second kappa shape index (κ2) is 4.53. The second-order valence-electron chi connectivity index (χ2n) is 8.54. The largest absolute Gasteiger partial charge is 0.393 e. The summed E-state index contributed by atoms with van der Waals surface area (Å²) in [6.07, 6.45) is 7.47. The maximum absolute atomic E-state index is 12.8. The van der Waals surface area contributed by atoms with Crippen LogP contribution >= 0.6 is 0 Å². The molecule has 0 aromatic rings. The summed E-state index contributed by atoms with van der Waals surface area (Å²) < 4.78 is 0. The Morgan fingerprint density at radius 1 is 1.05 bits per heavy atom. The van der Waals surface area contributed by atoms with Crippen LogP contribution in [-0.2, 0) is 9.59 Å². The third kappa shape index (κ3) is 1.72. The fraction of sp³-hybridized carbons (Fsp3) is 0.789. The van der Waals surface area contributed by atoms with Crippen LogP contribution in [0.3, 0.4) is 0 Å². The minimum absolute atomic E-state index is 0.00394. The Morgan fingerprint density at radius 2 is 1.77 bits per heavy atom. The van der Waals surface area contributed by atoms with Gasteiger partial charge in [0.25, 0.3) is 0 Å². The third-order valence-electron chi connectivity index (χ3n) is 7.58. The van der Waals surface area contributed by atoms with Crippen molar-refractivity contribution in [2.24, 2.45) is 28.6 Å². The van der Waals surface area contributed by atoms with Crippen LogP contribution in [0.5, 0.6) is 0 Å². The molecule has 120 valence electrons. The monoisotopic (exact) mass is 302 g/mol. The third-order valence-corrected chi connectivity index (χ3v) is 7.58. The van der Waals surface area contributed by atoms with Gasteiger partial charge in [0.15, 0.2) is 5.78 Å². The first kappa shape index (κ1) is 14.6. The Kier molecular flexibility index (Phi) is 3.01. The van der Waals surface area contributed by atoms with Crippen molar-refractivity contribution in [3.63, 3.8) is 0 Å². The number of carbonyl (C=O) groups is 2. The second-order valence-corrected chi connectivity index (χ2v) is 8.54. The highest BCUT2D eigenvalue weighted by molar-refractivity contribution is 5.96. The van der Waals surface area contributed by atoms with Gasteiger partial charge >= 0.3 is 0 Å². The molecular formula is C19H26O3. The molecule has 0 aromatic carbocycles. The maximum Gasteiger partial charge on any atom is 0.159 e. The number of rotatable bonds is 0. The molecule has 3 fully saturated rings. The van der Waals surface area contributed by atoms with Crippen LogP contribution in [-0.4, -0.2) is 22.8 Å². The van der Waals surface area contributed by atoms with Crippen LogP contribution in [0.15, 0.2) is 11.6 Å². The predicted octanol–water partition coefficient (Wildman–Crippen LogP) is 3.06. The average molecular weight is 302 g/mol. The number of carbonyl (C=O) groups excluding carboxylic acids is 2. The summed E-state index contributed by atoms with van der Waals surface area (Å²) in [4.78, 5) is 25.2. The molecule has 4 aliphatic rings. The highest BCUT2D eigenvalue weighted by Gasteiger charge is 2.60. The Bertz CT molecular complexity index is 577. The molecule has 0 aromatic heterocycles. The number of hydrogen-bond donors (Lipinski definition) is 1. The van der Waals surface area contributed by atoms with Crippen molar-refractivity contribution in [1.82, 2.24) is 0 Å². The Morgan fingerprint density at radius 3 is 2.55 bits per heavy atom. The lowest BCUT2D eigenvalue weighted by molar-refractivity contribution is -0.140. The molecule has 3 heteroatoms. The Balaban J connectivity index is 1.77. The van der Waals surface area contributed by atoms with E-state index in [1.54, 1.807) is 0 Å². The molecule has 4 aliphatic carbocycles. The molecule has 6 atom stereocenters. The van der Waals surface area contributed by atoms with Crippen LogP contribution in [0.4, 0.5) is 0 Å². The van der Waals surface area contributed by atoms with E-state index in [0.29, 0.717) is 18.1 Å². The molecule has 1 unspecified atom stereocenters. The van der Waals surface area contributed by atoms with Gasteiger partial charge in [-0.15, -0.1) is 0 Å². The summed E-state index contributed by atoms with van der Waals surface area (Å²) in [5.41, 5.74) is 0.951. The zero-order valence-corrected chi connectivity index (χ0v) is 13.6. The van der Waals surface area contributed by atoms with Crippen LogP contribution in [0.1, 0.15) is 58.8 Å². The lowest BCUT2D eigenvalue weighted by Gasteiger charge is -2.55. The summed E-state index contributed by atoms with van der Waals surface area (Å²) >= 11 is 0. The molecule has 0 saturated heterocycles. The highest BCUT2D eigenvalue weighted by Crippen LogP contribution is 2.63. The van der Waals surface area contributed by atoms with E-state index in [1.807, 2.05) is 6.08 Å². The average Bonchev–Trinajstić information content (AvgIpc) is 2.76. The van der Waals surface area contributed by atoms with Gasteiger partial charge in [0.1, 0.15) is 5.78 Å². The van der Waals surface area contributed by atoms with Crippen molar-refractivity contribution < 1.29 is 14.7 Å². The zero-order chi connectivity index (χ0) is 15.7. The quantitative estimate of drug-likeness (QED) is 0.748. The van der Waals surface area contributed by atoms with E-state index in [1.165, 1.54) is 5.57 Å². The lowest BCUT2D eigenvalue weighted by Crippen LogP contribution is -2.53. The fourth-order valence-corrected chi connectivity index (χ4v) is 6.25. The summed E-state index contributed by atoms with van der Waals surface area (Å²) in [5, 5.41) is 10.2. The first-order valence-electron chi connectivity index (χ1n) is 8.82. The van der Waals surface area contributed by atoms with Gasteiger partial charge in [0, 0.05) is 17.8 Å². The topological polar surface area (TPSA) is 54.4 Å². The smallest absolute Gasteiger partial charge is 0.159 e. The van der Waals surface area contributed by atoms with Gasteiger partial charge in [-0.2, -0.15) is 0 Å². The van der Waals surface area contributed by atoms with E-state index in [9.17, 15) is 14.7 Å². The number of aliphatic hydroxyl groups excluding tert-OH is 1. The Hall–Kier alpha value is -0.960. The molecule has 1 N–H and O–H groups in total. The van der Waals surface area contributed by atoms with E-state index < -0.39 is 0 Å². The summed E-state index contributed by atoms with van der Waals surface area (Å²) in [7, 11) is 0. The maximum atomic E-state index is 12.8. The SMILES string of the molecule is C[C@]12CC(O)CCC1=CC(=O)[C@@H]1[C@H]2CC[C@]2(C)C(=O)CC[C@@H]12. The first-order chi connectivity index (χ1) is 10.4. The highest BCUT2D eigenvalue weighted by atomic mass is 16.3. The van der Waals surface area contributed by atoms with E-state index >= 15 is 0 Å². The zero-order valence-electron chi connectivity index (χ0n) is 13.6. The van der Waals surface area contributed by atoms with E-state index in [4.69, 9.17) is 0 Å². The molecule has 0 radical (unpaired) electrons. The number of hydrogen-bond acceptors (Lipinski definition) is 3. The molecule has 3 saturated carbocycles. The number of Topliss-reactive ketones (excluding diaryl/α,β-unsaturated/α-hetero) is 1. The summed E-state index contributed by atoms with van der Waals surface area (Å²) in [6.45, 7) is 4.35. The van der Waals surface area contributed by atoms with Crippen molar-refractivity contribution in [2.75, 3.05) is 0 Å². The van der Waals surface area contributed by atoms with Crippen molar-refractivity contribution in [2.45, 2.75) is 64.9 Å². The van der Waals surface area contributed by atoms with Crippen LogP contribution in [0, 0.1) is 28.6 Å². The van der Waals surface area contributed by atoms with Gasteiger partial charge < -0.3 is 5.11 Å². The Labute approximate surface area is 132 Å². The summed E-state index contributed by atoms with van der Waals surface area (Å²) in [5.74, 6) is 1.18. The van der Waals surface area contributed by atoms with E-state index in [0.717, 1.165) is 38.5 Å². The molecule has 22 heavy (non-hydrogen) atoms. The van der Waals surface area contributed by atoms with Crippen molar-refractivity contribution in [3.8, 4) is 0 Å². The number of fused-ring (bicyclic) bond motifs is 5. The summed E-state index contributed by atoms with van der Waals surface area (Å²) in [6, 6.07) is 0. The van der Waals surface area contributed by atoms with Crippen molar-refractivity contribution in [3.05, 3.63) is 11.6 Å². The van der Waals surface area contributed by atoms with Crippen LogP contribution in [0.25, 0.3) is 0 Å². The minimum Gasteiger partial charge on any atom is -0.393 e. The molecule has 3 nitrogen and oxygen atoms in total. The molecular weight excluding hydrogens is 276 g/mol. The molecule has 0 bridgehead atoms. The van der Waals surface area contributed by atoms with Gasteiger partial charge in [-0.3, -0.25) is 9.59 Å². The standard InChI is InChI=1S/C19H26O3/c1-18-8-7-14-17(13(18)5-6-16(18)22)15(21)9-11-3-4-12(20)10-19(11,14)2/h9,12-14,17,20H,3-8,10H2,1-2H3/t12?,13-,14+,17-,18-,19-/m0/s1. The van der Waals surface area contributed by atoms with Crippen molar-refractivity contribution >= 4 is 11.6 Å². The number of aliphatic hydroxyl groups is 1. The van der Waals surface area contributed by atoms with Crippen LogP contribution in [0.2, 0.25) is 0 Å². The fourth-order valence-electron chi connectivity index (χ4n) is 6.25. The molecule has 0 aliphatic heterocycles. The first-order valence-corrected chi connectivity index (χ1v) is 8.82. The van der Waals surface area contributed by atoms with Gasteiger partial charge in [-0.1, -0.05) is 19.4 Å². The molecule has 0 amide bonds. The van der Waals surface area contributed by atoms with Gasteiger partial charge in [0.2, 0.25) is 0 Å². The lowest BCUT2D eigenvalue weighted by atomic mass is 9.47. The predicted molar refractivity (Wildman–Crippen MR) is 83.1 cm³/mol. The minimum atomic E-state index is -0.272. The van der Waals surface area contributed by atoms with Gasteiger partial charge in [-0.05, 0) is 61.9 Å².